The summed E-state index contributed by atoms with van der Waals surface area (Å²) < 4.78 is 15.4. The third kappa shape index (κ3) is 1.54. The van der Waals surface area contributed by atoms with Gasteiger partial charge in [-0.15, -0.1) is 0 Å². The first kappa shape index (κ1) is 9.58. The molecule has 0 aliphatic heterocycles. The van der Waals surface area contributed by atoms with Gasteiger partial charge in [0.15, 0.2) is 6.29 Å². The normalized spacial score (nSPS) is 10.3. The molecule has 1 aromatic carbocycles. The van der Waals surface area contributed by atoms with E-state index in [1.54, 1.807) is 36.1 Å². The number of carbonyl (C=O) groups excluding carboxylic acids is 1. The summed E-state index contributed by atoms with van der Waals surface area (Å²) in [5.74, 6) is -0.0157. The molecule has 0 saturated heterocycles. The SMILES string of the molecule is Cn1ccnc1-c1cccc(C=O)c1F. The lowest BCUT2D eigenvalue weighted by atomic mass is 10.1. The Morgan fingerprint density at radius 2 is 2.27 bits per heavy atom. The fraction of sp³-hybridized carbons (Fsp3) is 0.0909. The zero-order valence-corrected chi connectivity index (χ0v) is 8.14. The van der Waals surface area contributed by atoms with Crippen molar-refractivity contribution in [3.05, 3.63) is 42.0 Å². The van der Waals surface area contributed by atoms with Gasteiger partial charge in [-0.2, -0.15) is 0 Å². The molecule has 3 nitrogen and oxygen atoms in total. The molecular weight excluding hydrogens is 195 g/mol. The van der Waals surface area contributed by atoms with E-state index < -0.39 is 5.82 Å². The summed E-state index contributed by atoms with van der Waals surface area (Å²) in [5, 5.41) is 0. The van der Waals surface area contributed by atoms with Crippen molar-refractivity contribution in [3.63, 3.8) is 0 Å². The number of nitrogens with zero attached hydrogens (tertiary/aromatic N) is 2. The molecule has 0 radical (unpaired) electrons. The lowest BCUT2D eigenvalue weighted by molar-refractivity contribution is 0.112. The van der Waals surface area contributed by atoms with Crippen molar-refractivity contribution >= 4 is 6.29 Å². The molecule has 0 fully saturated rings. The number of halogens is 1. The summed E-state index contributed by atoms with van der Waals surface area (Å²) in [6.45, 7) is 0. The van der Waals surface area contributed by atoms with E-state index in [2.05, 4.69) is 4.98 Å². The molecule has 76 valence electrons. The van der Waals surface area contributed by atoms with Crippen LogP contribution >= 0.6 is 0 Å². The minimum atomic E-state index is -0.526. The fourth-order valence-corrected chi connectivity index (χ4v) is 1.44. The van der Waals surface area contributed by atoms with Crippen LogP contribution < -0.4 is 0 Å². The van der Waals surface area contributed by atoms with Gasteiger partial charge in [0.1, 0.15) is 11.6 Å². The van der Waals surface area contributed by atoms with Crippen LogP contribution in [0.15, 0.2) is 30.6 Å². The van der Waals surface area contributed by atoms with Crippen LogP contribution in [-0.4, -0.2) is 15.8 Å². The Bertz CT molecular complexity index is 505. The van der Waals surface area contributed by atoms with Crippen LogP contribution in [-0.2, 0) is 7.05 Å². The second-order valence-electron chi connectivity index (χ2n) is 3.19. The lowest BCUT2D eigenvalue weighted by Crippen LogP contribution is -1.97. The Morgan fingerprint density at radius 3 is 2.87 bits per heavy atom. The van der Waals surface area contributed by atoms with E-state index >= 15 is 0 Å². The van der Waals surface area contributed by atoms with Gasteiger partial charge in [-0.25, -0.2) is 9.37 Å². The summed E-state index contributed by atoms with van der Waals surface area (Å²) in [4.78, 5) is 14.6. The summed E-state index contributed by atoms with van der Waals surface area (Å²) in [6, 6.07) is 4.68. The van der Waals surface area contributed by atoms with Gasteiger partial charge in [0.25, 0.3) is 0 Å². The maximum atomic E-state index is 13.7. The molecular formula is C11H9FN2O. The molecule has 0 saturated carbocycles. The molecule has 0 N–H and O–H groups in total. The molecule has 2 aromatic rings. The quantitative estimate of drug-likeness (QED) is 0.701. The average molecular weight is 204 g/mol. The molecule has 0 aliphatic rings. The van der Waals surface area contributed by atoms with Gasteiger partial charge in [-0.3, -0.25) is 4.79 Å². The van der Waals surface area contributed by atoms with Crippen molar-refractivity contribution in [1.82, 2.24) is 9.55 Å². The van der Waals surface area contributed by atoms with E-state index in [-0.39, 0.29) is 5.56 Å². The number of benzene rings is 1. The monoisotopic (exact) mass is 204 g/mol. The first-order valence-corrected chi connectivity index (χ1v) is 4.45. The highest BCUT2D eigenvalue weighted by molar-refractivity contribution is 5.78. The smallest absolute Gasteiger partial charge is 0.153 e. The van der Waals surface area contributed by atoms with E-state index in [0.717, 1.165) is 0 Å². The van der Waals surface area contributed by atoms with Gasteiger partial charge in [-0.1, -0.05) is 6.07 Å². The third-order valence-electron chi connectivity index (χ3n) is 2.22. The summed E-state index contributed by atoms with van der Waals surface area (Å²) in [6.07, 6.45) is 3.81. The van der Waals surface area contributed by atoms with Gasteiger partial charge in [-0.05, 0) is 12.1 Å². The molecule has 2 rings (SSSR count). The van der Waals surface area contributed by atoms with Crippen LogP contribution in [0.2, 0.25) is 0 Å². The van der Waals surface area contributed by atoms with Crippen molar-refractivity contribution in [3.8, 4) is 11.4 Å². The van der Waals surface area contributed by atoms with Crippen LogP contribution in [0.1, 0.15) is 10.4 Å². The lowest BCUT2D eigenvalue weighted by Gasteiger charge is -2.04. The van der Waals surface area contributed by atoms with Gasteiger partial charge in [0.05, 0.1) is 11.1 Å². The Kier molecular flexibility index (Phi) is 2.33. The van der Waals surface area contributed by atoms with Crippen molar-refractivity contribution in [2.24, 2.45) is 7.05 Å². The number of hydrogen-bond acceptors (Lipinski definition) is 2. The van der Waals surface area contributed by atoms with Crippen LogP contribution in [0.4, 0.5) is 4.39 Å². The average Bonchev–Trinajstić information content (AvgIpc) is 2.65. The Morgan fingerprint density at radius 1 is 1.47 bits per heavy atom. The van der Waals surface area contributed by atoms with E-state index in [9.17, 15) is 9.18 Å². The maximum Gasteiger partial charge on any atom is 0.153 e. The van der Waals surface area contributed by atoms with Crippen LogP contribution in [0.25, 0.3) is 11.4 Å². The predicted molar refractivity (Wildman–Crippen MR) is 54.0 cm³/mol. The Hall–Kier alpha value is -1.97. The van der Waals surface area contributed by atoms with Gasteiger partial charge < -0.3 is 4.57 Å². The number of hydrogen-bond donors (Lipinski definition) is 0. The van der Waals surface area contributed by atoms with E-state index in [1.165, 1.54) is 6.07 Å². The first-order valence-electron chi connectivity index (χ1n) is 4.45. The van der Waals surface area contributed by atoms with Crippen molar-refractivity contribution in [2.45, 2.75) is 0 Å². The number of rotatable bonds is 2. The second-order valence-corrected chi connectivity index (χ2v) is 3.19. The van der Waals surface area contributed by atoms with Crippen LogP contribution in [0.3, 0.4) is 0 Å². The first-order chi connectivity index (χ1) is 7.24. The van der Waals surface area contributed by atoms with Crippen molar-refractivity contribution in [2.75, 3.05) is 0 Å². The molecule has 15 heavy (non-hydrogen) atoms. The molecule has 4 heteroatoms. The zero-order chi connectivity index (χ0) is 10.8. The van der Waals surface area contributed by atoms with E-state index in [0.29, 0.717) is 17.7 Å². The number of aldehydes is 1. The molecule has 0 spiro atoms. The number of imidazole rings is 1. The largest absolute Gasteiger partial charge is 0.334 e. The highest BCUT2D eigenvalue weighted by Gasteiger charge is 2.12. The molecule has 0 aliphatic carbocycles. The highest BCUT2D eigenvalue weighted by Crippen LogP contribution is 2.22. The number of aromatic nitrogens is 2. The zero-order valence-electron chi connectivity index (χ0n) is 8.14. The van der Waals surface area contributed by atoms with Crippen LogP contribution in [0, 0.1) is 5.82 Å². The Labute approximate surface area is 86.2 Å². The van der Waals surface area contributed by atoms with E-state index in [4.69, 9.17) is 0 Å². The molecule has 0 bridgehead atoms. The van der Waals surface area contributed by atoms with Gasteiger partial charge in [0.2, 0.25) is 0 Å². The van der Waals surface area contributed by atoms with Gasteiger partial charge >= 0.3 is 0 Å². The second kappa shape index (κ2) is 3.65. The standard InChI is InChI=1S/C11H9FN2O/c1-14-6-5-13-11(14)9-4-2-3-8(7-15)10(9)12/h2-7H,1H3. The number of carbonyl (C=O) groups is 1. The fourth-order valence-electron chi connectivity index (χ4n) is 1.44. The Balaban J connectivity index is 2.64. The summed E-state index contributed by atoms with van der Waals surface area (Å²) >= 11 is 0. The van der Waals surface area contributed by atoms with Gasteiger partial charge in [0, 0.05) is 19.4 Å². The molecule has 0 atom stereocenters. The summed E-state index contributed by atoms with van der Waals surface area (Å²) in [7, 11) is 1.77. The minimum Gasteiger partial charge on any atom is -0.334 e. The maximum absolute atomic E-state index is 13.7. The molecule has 1 aromatic heterocycles. The predicted octanol–water partition coefficient (Wildman–Crippen LogP) is 2.04. The van der Waals surface area contributed by atoms with Crippen molar-refractivity contribution < 1.29 is 9.18 Å². The minimum absolute atomic E-state index is 0.0514. The number of aryl methyl sites for hydroxylation is 1. The van der Waals surface area contributed by atoms with E-state index in [1.807, 2.05) is 0 Å². The topological polar surface area (TPSA) is 34.9 Å². The highest BCUT2D eigenvalue weighted by atomic mass is 19.1. The molecule has 0 amide bonds. The summed E-state index contributed by atoms with van der Waals surface area (Å²) in [5.41, 5.74) is 0.391. The third-order valence-corrected chi connectivity index (χ3v) is 2.22. The van der Waals surface area contributed by atoms with Crippen LogP contribution in [0.5, 0.6) is 0 Å². The molecule has 0 unspecified atom stereocenters. The van der Waals surface area contributed by atoms with Crippen molar-refractivity contribution in [1.29, 1.82) is 0 Å². The molecule has 1 heterocycles.